The van der Waals surface area contributed by atoms with E-state index in [9.17, 15) is 4.79 Å². The summed E-state index contributed by atoms with van der Waals surface area (Å²) in [4.78, 5) is 19.3. The number of fused-ring (bicyclic) bond motifs is 4. The molecule has 2 aromatic carbocycles. The van der Waals surface area contributed by atoms with Crippen LogP contribution >= 0.6 is 0 Å². The normalized spacial score (nSPS) is 17.7. The fourth-order valence-corrected chi connectivity index (χ4v) is 4.29. The van der Waals surface area contributed by atoms with Crippen molar-refractivity contribution in [1.29, 1.82) is 0 Å². The summed E-state index contributed by atoms with van der Waals surface area (Å²) in [6.07, 6.45) is 5.13. The number of aryl methyl sites for hydroxylation is 1. The minimum atomic E-state index is -0.106. The average molecular weight is 428 g/mol. The molecule has 0 spiro atoms. The van der Waals surface area contributed by atoms with Crippen LogP contribution in [-0.4, -0.2) is 29.2 Å². The Hall–Kier alpha value is -3.84. The highest BCUT2D eigenvalue weighted by Crippen LogP contribution is 2.44. The van der Waals surface area contributed by atoms with Crippen molar-refractivity contribution in [1.82, 2.24) is 9.88 Å². The van der Waals surface area contributed by atoms with Crippen molar-refractivity contribution in [2.24, 2.45) is 0 Å². The van der Waals surface area contributed by atoms with Gasteiger partial charge in [0.1, 0.15) is 18.2 Å². The largest absolute Gasteiger partial charge is 0.478 e. The maximum Gasteiger partial charge on any atom is 0.232 e. The summed E-state index contributed by atoms with van der Waals surface area (Å²) in [5.74, 6) is 3.10. The van der Waals surface area contributed by atoms with Crippen molar-refractivity contribution >= 4 is 11.9 Å². The van der Waals surface area contributed by atoms with Gasteiger partial charge in [0.2, 0.25) is 12.6 Å². The van der Waals surface area contributed by atoms with Gasteiger partial charge in [0, 0.05) is 25.5 Å². The third-order valence-corrected chi connectivity index (χ3v) is 5.83. The number of rotatable bonds is 3. The van der Waals surface area contributed by atoms with Gasteiger partial charge in [0.25, 0.3) is 0 Å². The quantitative estimate of drug-likeness (QED) is 0.582. The molecule has 0 saturated carbocycles. The van der Waals surface area contributed by atoms with Crippen LogP contribution in [0.4, 0.5) is 0 Å². The van der Waals surface area contributed by atoms with Crippen molar-refractivity contribution < 1.29 is 23.7 Å². The van der Waals surface area contributed by atoms with Gasteiger partial charge in [-0.3, -0.25) is 14.7 Å². The number of allylic oxidation sites excluding steroid dienone is 1. The molecule has 3 aromatic rings. The van der Waals surface area contributed by atoms with E-state index in [0.29, 0.717) is 36.9 Å². The van der Waals surface area contributed by atoms with Crippen LogP contribution in [0.15, 0.2) is 54.6 Å². The second-order valence-corrected chi connectivity index (χ2v) is 8.04. The minimum absolute atomic E-state index is 0.106. The van der Waals surface area contributed by atoms with Gasteiger partial charge in [-0.2, -0.15) is 0 Å². The topological polar surface area (TPSA) is 70.1 Å². The van der Waals surface area contributed by atoms with Crippen LogP contribution in [0.25, 0.3) is 6.08 Å². The van der Waals surface area contributed by atoms with E-state index in [1.165, 1.54) is 0 Å². The van der Waals surface area contributed by atoms with Crippen molar-refractivity contribution in [2.45, 2.75) is 20.0 Å². The first-order valence-electron chi connectivity index (χ1n) is 10.4. The Kier molecular flexibility index (Phi) is 4.36. The van der Waals surface area contributed by atoms with Crippen LogP contribution < -0.4 is 18.9 Å². The second-order valence-electron chi connectivity index (χ2n) is 8.04. The van der Waals surface area contributed by atoms with Crippen LogP contribution in [0.5, 0.6) is 23.0 Å². The van der Waals surface area contributed by atoms with Crippen LogP contribution in [0.2, 0.25) is 0 Å². The van der Waals surface area contributed by atoms with E-state index in [1.807, 2.05) is 43.3 Å². The number of carbonyl (C=O) groups excluding carboxylic acids is 1. The van der Waals surface area contributed by atoms with E-state index in [1.54, 1.807) is 18.5 Å². The first-order valence-corrected chi connectivity index (χ1v) is 10.4. The van der Waals surface area contributed by atoms with Crippen molar-refractivity contribution in [3.05, 3.63) is 82.4 Å². The number of hydrogen-bond donors (Lipinski definition) is 0. The fraction of sp³-hybridized carbons (Fsp3) is 0.200. The molecule has 7 heteroatoms. The van der Waals surface area contributed by atoms with Crippen LogP contribution in [0, 0.1) is 6.92 Å². The molecule has 0 N–H and O–H groups in total. The molecule has 0 unspecified atom stereocenters. The molecule has 0 bridgehead atoms. The summed E-state index contributed by atoms with van der Waals surface area (Å²) in [5, 5.41) is 0. The van der Waals surface area contributed by atoms with E-state index >= 15 is 0 Å². The lowest BCUT2D eigenvalue weighted by molar-refractivity contribution is 0.0871. The minimum Gasteiger partial charge on any atom is -0.478 e. The van der Waals surface area contributed by atoms with Crippen LogP contribution in [0.1, 0.15) is 32.6 Å². The van der Waals surface area contributed by atoms with Gasteiger partial charge in [0.15, 0.2) is 17.3 Å². The zero-order valence-electron chi connectivity index (χ0n) is 17.5. The van der Waals surface area contributed by atoms with Crippen LogP contribution in [-0.2, 0) is 13.1 Å². The number of hydrogen-bond acceptors (Lipinski definition) is 7. The highest BCUT2D eigenvalue weighted by atomic mass is 16.7. The maximum absolute atomic E-state index is 13.1. The summed E-state index contributed by atoms with van der Waals surface area (Å²) in [5.41, 5.74) is 4.32. The number of pyridine rings is 1. The smallest absolute Gasteiger partial charge is 0.232 e. The summed E-state index contributed by atoms with van der Waals surface area (Å²) in [6.45, 7) is 3.91. The van der Waals surface area contributed by atoms with E-state index in [2.05, 4.69) is 9.88 Å². The third kappa shape index (κ3) is 3.18. The van der Waals surface area contributed by atoms with Gasteiger partial charge in [0.05, 0.1) is 11.1 Å². The standard InChI is InChI=1S/C25H20N2O5/c1-15-8-20-18(25-23(15)24(28)22(32-25)9-16-4-6-26-7-5-16)12-27(13-29-20)11-17-2-3-19-21(10-17)31-14-30-19/h2-10H,11-14H2,1H3/b22-9-. The molecule has 32 heavy (non-hydrogen) atoms. The molecule has 0 aliphatic carbocycles. The van der Waals surface area contributed by atoms with Gasteiger partial charge < -0.3 is 18.9 Å². The number of ketones is 1. The predicted molar refractivity (Wildman–Crippen MR) is 116 cm³/mol. The lowest BCUT2D eigenvalue weighted by atomic mass is 9.98. The van der Waals surface area contributed by atoms with Crippen LogP contribution in [0.3, 0.4) is 0 Å². The molecule has 4 heterocycles. The van der Waals surface area contributed by atoms with Crippen molar-refractivity contribution in [3.63, 3.8) is 0 Å². The number of nitrogens with zero attached hydrogens (tertiary/aromatic N) is 2. The second kappa shape index (κ2) is 7.39. The number of ether oxygens (including phenoxy) is 4. The fourth-order valence-electron chi connectivity index (χ4n) is 4.29. The Labute approximate surface area is 184 Å². The number of carbonyl (C=O) groups is 1. The van der Waals surface area contributed by atoms with Gasteiger partial charge >= 0.3 is 0 Å². The summed E-state index contributed by atoms with van der Waals surface area (Å²) < 4.78 is 23.0. The molecule has 0 saturated heterocycles. The molecule has 6 rings (SSSR count). The van der Waals surface area contributed by atoms with Gasteiger partial charge in [-0.15, -0.1) is 0 Å². The number of benzene rings is 2. The highest BCUT2D eigenvalue weighted by molar-refractivity contribution is 6.15. The van der Waals surface area contributed by atoms with Gasteiger partial charge in [-0.25, -0.2) is 0 Å². The maximum atomic E-state index is 13.1. The Morgan fingerprint density at radius 1 is 1.03 bits per heavy atom. The summed E-state index contributed by atoms with van der Waals surface area (Å²) in [6, 6.07) is 11.6. The highest BCUT2D eigenvalue weighted by Gasteiger charge is 2.35. The first-order chi connectivity index (χ1) is 15.7. The van der Waals surface area contributed by atoms with Crippen molar-refractivity contribution in [2.75, 3.05) is 13.5 Å². The molecule has 0 atom stereocenters. The number of Topliss-reactive ketones (excluding diaryl/α,β-unsaturated/α-hetero) is 1. The number of aromatic nitrogens is 1. The Bertz CT molecular complexity index is 1270. The molecule has 3 aliphatic heterocycles. The van der Waals surface area contributed by atoms with Crippen molar-refractivity contribution in [3.8, 4) is 23.0 Å². The molecule has 0 radical (unpaired) electrons. The summed E-state index contributed by atoms with van der Waals surface area (Å²) >= 11 is 0. The monoisotopic (exact) mass is 428 g/mol. The first kappa shape index (κ1) is 18.9. The van der Waals surface area contributed by atoms with Gasteiger partial charge in [-0.1, -0.05) is 6.07 Å². The third-order valence-electron chi connectivity index (χ3n) is 5.83. The molecule has 7 nitrogen and oxygen atoms in total. The molecule has 1 aromatic heterocycles. The average Bonchev–Trinajstić information content (AvgIpc) is 3.40. The zero-order chi connectivity index (χ0) is 21.7. The molecule has 0 fully saturated rings. The van der Waals surface area contributed by atoms with Gasteiger partial charge in [-0.05, 0) is 60.0 Å². The van der Waals surface area contributed by atoms with E-state index in [0.717, 1.165) is 39.5 Å². The molecule has 3 aliphatic rings. The SMILES string of the molecule is Cc1cc2c(c3c1C(=O)/C(=C/c1ccncc1)O3)CN(Cc1ccc3c(c1)OCO3)CO2. The van der Waals surface area contributed by atoms with E-state index < -0.39 is 0 Å². The molecular formula is C25H20N2O5. The lowest BCUT2D eigenvalue weighted by Crippen LogP contribution is -2.31. The lowest BCUT2D eigenvalue weighted by Gasteiger charge is -2.30. The summed E-state index contributed by atoms with van der Waals surface area (Å²) in [7, 11) is 0. The zero-order valence-corrected chi connectivity index (χ0v) is 17.5. The molecule has 0 amide bonds. The molecular weight excluding hydrogens is 408 g/mol. The Morgan fingerprint density at radius 2 is 1.88 bits per heavy atom. The van der Waals surface area contributed by atoms with E-state index in [4.69, 9.17) is 18.9 Å². The Balaban J connectivity index is 1.29. The predicted octanol–water partition coefficient (Wildman–Crippen LogP) is 4.09. The molecule has 160 valence electrons. The Morgan fingerprint density at radius 3 is 2.75 bits per heavy atom. The van der Waals surface area contributed by atoms with E-state index in [-0.39, 0.29) is 12.6 Å².